The summed E-state index contributed by atoms with van der Waals surface area (Å²) in [5.74, 6) is -13.4. The van der Waals surface area contributed by atoms with Gasteiger partial charge >= 0.3 is 5.97 Å². The Kier molecular flexibility index (Phi) is 14.7. The summed E-state index contributed by atoms with van der Waals surface area (Å²) in [5.41, 5.74) is 0.298. The average Bonchev–Trinajstić information content (AvgIpc) is 2.92. The lowest BCUT2D eigenvalue weighted by molar-refractivity contribution is -0.136. The van der Waals surface area contributed by atoms with E-state index in [1.165, 1.54) is 0 Å². The number of nitrogens with zero attached hydrogens (tertiary/aromatic N) is 1. The number of esters is 1. The fraction of sp³-hybridized carbons (Fsp3) is 0.741. The number of carbonyl (C=O) groups excluding carboxylic acids is 1. The molecule has 1 unspecified atom stereocenters. The minimum absolute atomic E-state index is 0.0924. The number of rotatable bonds is 17. The average molecular weight is 586 g/mol. The Morgan fingerprint density at radius 1 is 0.775 bits per heavy atom. The van der Waals surface area contributed by atoms with Gasteiger partial charge in [0, 0.05) is 19.5 Å². The number of ether oxygens (including phenoxy) is 5. The van der Waals surface area contributed by atoms with Crippen LogP contribution in [0.1, 0.15) is 46.5 Å². The van der Waals surface area contributed by atoms with E-state index in [1.807, 2.05) is 0 Å². The monoisotopic (exact) mass is 585 g/mol. The Balaban J connectivity index is 1.40. The maximum absolute atomic E-state index is 13.5. The van der Waals surface area contributed by atoms with Gasteiger partial charge in [-0.3, -0.25) is 9.69 Å². The molecule has 1 saturated heterocycles. The summed E-state index contributed by atoms with van der Waals surface area (Å²) < 4.78 is 91.9. The lowest BCUT2D eigenvalue weighted by Gasteiger charge is -2.40. The van der Waals surface area contributed by atoms with Crippen molar-refractivity contribution < 1.29 is 55.5 Å². The summed E-state index contributed by atoms with van der Waals surface area (Å²) in [6.07, 6.45) is 1.74. The predicted molar refractivity (Wildman–Crippen MR) is 134 cm³/mol. The van der Waals surface area contributed by atoms with E-state index in [-0.39, 0.29) is 26.4 Å². The molecule has 1 fully saturated rings. The van der Waals surface area contributed by atoms with E-state index in [1.54, 1.807) is 0 Å². The highest BCUT2D eigenvalue weighted by atomic mass is 19.2. The summed E-state index contributed by atoms with van der Waals surface area (Å²) in [4.78, 5) is 13.7. The Morgan fingerprint density at radius 2 is 1.20 bits per heavy atom. The van der Waals surface area contributed by atoms with Crippen molar-refractivity contribution in [2.24, 2.45) is 11.3 Å². The van der Waals surface area contributed by atoms with Crippen LogP contribution in [-0.4, -0.2) is 88.1 Å². The second-order valence-corrected chi connectivity index (χ2v) is 10.5. The normalized spacial score (nSPS) is 15.9. The van der Waals surface area contributed by atoms with Crippen molar-refractivity contribution in [3.63, 3.8) is 0 Å². The molecule has 40 heavy (non-hydrogen) atoms. The van der Waals surface area contributed by atoms with Crippen LogP contribution in [0.15, 0.2) is 0 Å². The highest BCUT2D eigenvalue weighted by Crippen LogP contribution is 2.34. The Labute approximate surface area is 231 Å². The predicted octanol–water partition coefficient (Wildman–Crippen LogP) is 4.21. The van der Waals surface area contributed by atoms with E-state index in [0.717, 1.165) is 25.9 Å². The van der Waals surface area contributed by atoms with Gasteiger partial charge in [-0.25, -0.2) is 13.2 Å². The van der Waals surface area contributed by atoms with Gasteiger partial charge in [0.15, 0.2) is 0 Å². The second kappa shape index (κ2) is 17.1. The van der Waals surface area contributed by atoms with Crippen LogP contribution in [0, 0.1) is 40.4 Å². The molecular weight excluding hydrogens is 545 g/mol. The molecule has 0 radical (unpaired) electrons. The molecule has 230 valence electrons. The number of aliphatic hydroxyl groups excluding tert-OH is 1. The van der Waals surface area contributed by atoms with E-state index in [0.29, 0.717) is 44.2 Å². The third-order valence-corrected chi connectivity index (χ3v) is 6.65. The number of piperidine rings is 1. The van der Waals surface area contributed by atoms with Gasteiger partial charge in [0.25, 0.3) is 0 Å². The van der Waals surface area contributed by atoms with E-state index >= 15 is 0 Å². The third-order valence-electron chi connectivity index (χ3n) is 6.65. The van der Waals surface area contributed by atoms with Crippen molar-refractivity contribution in [3.8, 4) is 5.75 Å². The minimum Gasteiger partial charge on any atom is -0.420 e. The van der Waals surface area contributed by atoms with Crippen molar-refractivity contribution in [2.75, 3.05) is 65.9 Å². The van der Waals surface area contributed by atoms with Gasteiger partial charge in [-0.15, -0.1) is 0 Å². The van der Waals surface area contributed by atoms with Crippen LogP contribution in [0.3, 0.4) is 0 Å². The zero-order valence-electron chi connectivity index (χ0n) is 23.3. The van der Waals surface area contributed by atoms with Crippen molar-refractivity contribution in [1.29, 1.82) is 0 Å². The van der Waals surface area contributed by atoms with Gasteiger partial charge in [-0.1, -0.05) is 20.8 Å². The lowest BCUT2D eigenvalue weighted by Crippen LogP contribution is -2.44. The number of hydrogen-bond donors (Lipinski definition) is 1. The number of hydrogen-bond acceptors (Lipinski definition) is 8. The van der Waals surface area contributed by atoms with Gasteiger partial charge in [0.05, 0.1) is 59.3 Å². The first-order valence-corrected chi connectivity index (χ1v) is 13.4. The standard InChI is InChI=1S/C27H40F5NO7/c1-27(2,3)18-4-8-33(9-5-18)19(34)6-10-36-12-14-38-16-17-39-15-13-37-11-7-20(35)40-26-24(31)22(29)21(28)23(30)25(26)32/h18-19,34H,4-17H2,1-3H3. The van der Waals surface area contributed by atoms with Crippen LogP contribution in [0.2, 0.25) is 0 Å². The fourth-order valence-corrected chi connectivity index (χ4v) is 4.19. The molecule has 1 aliphatic rings. The highest BCUT2D eigenvalue weighted by Gasteiger charge is 2.31. The van der Waals surface area contributed by atoms with Crippen LogP contribution < -0.4 is 4.74 Å². The first-order chi connectivity index (χ1) is 18.9. The topological polar surface area (TPSA) is 86.7 Å². The zero-order chi connectivity index (χ0) is 29.7. The molecule has 0 aromatic heterocycles. The first kappa shape index (κ1) is 34.3. The van der Waals surface area contributed by atoms with Gasteiger partial charge in [-0.2, -0.15) is 8.78 Å². The zero-order valence-corrected chi connectivity index (χ0v) is 23.3. The van der Waals surface area contributed by atoms with Crippen molar-refractivity contribution in [3.05, 3.63) is 29.1 Å². The molecule has 0 bridgehead atoms. The number of aliphatic hydroxyl groups is 1. The fourth-order valence-electron chi connectivity index (χ4n) is 4.19. The van der Waals surface area contributed by atoms with E-state index in [9.17, 15) is 31.9 Å². The Morgan fingerprint density at radius 3 is 1.68 bits per heavy atom. The van der Waals surface area contributed by atoms with Crippen LogP contribution in [-0.2, 0) is 23.7 Å². The minimum atomic E-state index is -2.34. The second-order valence-electron chi connectivity index (χ2n) is 10.5. The maximum atomic E-state index is 13.5. The number of benzene rings is 1. The quantitative estimate of drug-likeness (QED) is 0.0727. The largest absolute Gasteiger partial charge is 0.420 e. The number of carbonyl (C=O) groups is 1. The molecule has 0 saturated carbocycles. The molecule has 2 rings (SSSR count). The Hall–Kier alpha value is -1.90. The lowest BCUT2D eigenvalue weighted by atomic mass is 9.75. The SMILES string of the molecule is CC(C)(C)C1CCN(C(O)CCOCCOCCOCCOCCC(=O)Oc2c(F)c(F)c(F)c(F)c2F)CC1. The van der Waals surface area contributed by atoms with Crippen molar-refractivity contribution in [1.82, 2.24) is 4.90 Å². The van der Waals surface area contributed by atoms with E-state index < -0.39 is 53.5 Å². The molecule has 1 aromatic carbocycles. The molecule has 0 spiro atoms. The van der Waals surface area contributed by atoms with E-state index in [4.69, 9.17) is 18.9 Å². The smallest absolute Gasteiger partial charge is 0.313 e. The van der Waals surface area contributed by atoms with Crippen LogP contribution in [0.4, 0.5) is 22.0 Å². The molecule has 1 N–H and O–H groups in total. The molecular formula is C27H40F5NO7. The van der Waals surface area contributed by atoms with Gasteiger partial charge < -0.3 is 28.8 Å². The van der Waals surface area contributed by atoms with E-state index in [2.05, 4.69) is 30.4 Å². The third kappa shape index (κ3) is 11.2. The van der Waals surface area contributed by atoms with Gasteiger partial charge in [0.1, 0.15) is 6.23 Å². The van der Waals surface area contributed by atoms with Crippen LogP contribution in [0.5, 0.6) is 5.75 Å². The molecule has 0 amide bonds. The van der Waals surface area contributed by atoms with Crippen LogP contribution >= 0.6 is 0 Å². The summed E-state index contributed by atoms with van der Waals surface area (Å²) in [5, 5.41) is 10.4. The Bertz CT molecular complexity index is 895. The number of likely N-dealkylation sites (tertiary alicyclic amines) is 1. The molecule has 1 heterocycles. The first-order valence-electron chi connectivity index (χ1n) is 13.4. The highest BCUT2D eigenvalue weighted by molar-refractivity contribution is 5.72. The molecule has 8 nitrogen and oxygen atoms in total. The molecule has 1 aliphatic heterocycles. The maximum Gasteiger partial charge on any atom is 0.313 e. The van der Waals surface area contributed by atoms with Gasteiger partial charge in [0.2, 0.25) is 34.8 Å². The molecule has 13 heteroatoms. The molecule has 0 aliphatic carbocycles. The number of halogens is 5. The summed E-state index contributed by atoms with van der Waals surface area (Å²) in [6, 6.07) is 0. The summed E-state index contributed by atoms with van der Waals surface area (Å²) >= 11 is 0. The van der Waals surface area contributed by atoms with Crippen molar-refractivity contribution >= 4 is 5.97 Å². The van der Waals surface area contributed by atoms with Crippen molar-refractivity contribution in [2.45, 2.75) is 52.7 Å². The summed E-state index contributed by atoms with van der Waals surface area (Å²) in [7, 11) is 0. The van der Waals surface area contributed by atoms with Crippen LogP contribution in [0.25, 0.3) is 0 Å². The summed E-state index contributed by atoms with van der Waals surface area (Å²) in [6.45, 7) is 10.5. The van der Waals surface area contributed by atoms with Gasteiger partial charge in [-0.05, 0) is 24.2 Å². The molecule has 1 atom stereocenters. The molecule has 1 aromatic rings.